The number of carboxylic acid groups (broad SMARTS) is 1. The summed E-state index contributed by atoms with van der Waals surface area (Å²) in [5.74, 6) is -1.56. The van der Waals surface area contributed by atoms with E-state index in [-0.39, 0.29) is 0 Å². The van der Waals surface area contributed by atoms with E-state index in [4.69, 9.17) is 5.11 Å². The van der Waals surface area contributed by atoms with Gasteiger partial charge in [0.15, 0.2) is 0 Å². The molecule has 0 spiro atoms. The SMILES string of the molecule is CC(C)(NC(=O)c1cncc(Br)c1)C(=O)O. The highest BCUT2D eigenvalue weighted by molar-refractivity contribution is 9.10. The summed E-state index contributed by atoms with van der Waals surface area (Å²) in [6.45, 7) is 2.83. The van der Waals surface area contributed by atoms with E-state index in [1.54, 1.807) is 12.3 Å². The number of nitrogens with zero attached hydrogens (tertiary/aromatic N) is 1. The maximum atomic E-state index is 11.7. The maximum Gasteiger partial charge on any atom is 0.328 e. The molecular formula is C10H11BrN2O3. The van der Waals surface area contributed by atoms with E-state index in [1.165, 1.54) is 20.0 Å². The van der Waals surface area contributed by atoms with E-state index in [1.807, 2.05) is 0 Å². The molecule has 0 unspecified atom stereocenters. The highest BCUT2D eigenvalue weighted by Crippen LogP contribution is 2.11. The van der Waals surface area contributed by atoms with Gasteiger partial charge in [-0.1, -0.05) is 0 Å². The molecule has 0 atom stereocenters. The summed E-state index contributed by atoms with van der Waals surface area (Å²) >= 11 is 3.18. The monoisotopic (exact) mass is 286 g/mol. The van der Waals surface area contributed by atoms with Crippen LogP contribution in [-0.2, 0) is 4.79 Å². The molecular weight excluding hydrogens is 276 g/mol. The van der Waals surface area contributed by atoms with Crippen molar-refractivity contribution >= 4 is 27.8 Å². The molecule has 2 N–H and O–H groups in total. The number of carbonyl (C=O) groups is 2. The number of halogens is 1. The lowest BCUT2D eigenvalue weighted by Gasteiger charge is -2.20. The Labute approximate surface area is 101 Å². The molecule has 5 nitrogen and oxygen atoms in total. The smallest absolute Gasteiger partial charge is 0.328 e. The predicted molar refractivity (Wildman–Crippen MR) is 61.1 cm³/mol. The summed E-state index contributed by atoms with van der Waals surface area (Å²) in [6.07, 6.45) is 2.91. The molecule has 6 heteroatoms. The van der Waals surface area contributed by atoms with Crippen molar-refractivity contribution in [3.63, 3.8) is 0 Å². The molecule has 0 radical (unpaired) electrons. The normalized spacial score (nSPS) is 10.9. The second-order valence-electron chi connectivity index (χ2n) is 3.78. The van der Waals surface area contributed by atoms with Crippen molar-refractivity contribution < 1.29 is 14.7 Å². The lowest BCUT2D eigenvalue weighted by atomic mass is 10.1. The molecule has 86 valence electrons. The lowest BCUT2D eigenvalue weighted by molar-refractivity contribution is -0.143. The second kappa shape index (κ2) is 4.61. The van der Waals surface area contributed by atoms with Gasteiger partial charge in [0, 0.05) is 16.9 Å². The van der Waals surface area contributed by atoms with Crippen LogP contribution >= 0.6 is 15.9 Å². The molecule has 0 bridgehead atoms. The van der Waals surface area contributed by atoms with Gasteiger partial charge in [0.1, 0.15) is 5.54 Å². The quantitative estimate of drug-likeness (QED) is 0.881. The van der Waals surface area contributed by atoms with Crippen LogP contribution in [0.15, 0.2) is 22.9 Å². The number of rotatable bonds is 3. The van der Waals surface area contributed by atoms with Gasteiger partial charge >= 0.3 is 5.97 Å². The van der Waals surface area contributed by atoms with Crippen molar-refractivity contribution in [2.75, 3.05) is 0 Å². The molecule has 1 heterocycles. The van der Waals surface area contributed by atoms with Crippen LogP contribution in [0.2, 0.25) is 0 Å². The zero-order chi connectivity index (χ0) is 12.3. The molecule has 0 aliphatic carbocycles. The number of aromatic nitrogens is 1. The Bertz CT molecular complexity index is 432. The number of pyridine rings is 1. The molecule has 1 aromatic rings. The number of amides is 1. The van der Waals surface area contributed by atoms with E-state index in [2.05, 4.69) is 26.2 Å². The summed E-state index contributed by atoms with van der Waals surface area (Å²) in [7, 11) is 0. The largest absolute Gasteiger partial charge is 0.480 e. The third-order valence-corrected chi connectivity index (χ3v) is 2.36. The Kier molecular flexibility index (Phi) is 3.64. The summed E-state index contributed by atoms with van der Waals surface area (Å²) in [4.78, 5) is 26.3. The molecule has 1 aromatic heterocycles. The zero-order valence-electron chi connectivity index (χ0n) is 8.82. The van der Waals surface area contributed by atoms with Crippen molar-refractivity contribution in [1.29, 1.82) is 0 Å². The first kappa shape index (κ1) is 12.6. The summed E-state index contributed by atoms with van der Waals surface area (Å²) in [5.41, 5.74) is -0.997. The van der Waals surface area contributed by atoms with Crippen LogP contribution in [0, 0.1) is 0 Å². The van der Waals surface area contributed by atoms with Crippen LogP contribution < -0.4 is 5.32 Å². The Morgan fingerprint density at radius 3 is 2.56 bits per heavy atom. The van der Waals surface area contributed by atoms with E-state index >= 15 is 0 Å². The standard InChI is InChI=1S/C10H11BrN2O3/c1-10(2,9(15)16)13-8(14)6-3-7(11)5-12-4-6/h3-5H,1-2H3,(H,13,14)(H,15,16). The molecule has 1 rings (SSSR count). The third-order valence-electron chi connectivity index (χ3n) is 1.93. The summed E-state index contributed by atoms with van der Waals surface area (Å²) in [6, 6.07) is 1.57. The van der Waals surface area contributed by atoms with Gasteiger partial charge in [0.2, 0.25) is 0 Å². The Morgan fingerprint density at radius 2 is 2.06 bits per heavy atom. The minimum atomic E-state index is -1.31. The average molecular weight is 287 g/mol. The minimum absolute atomic E-state index is 0.309. The molecule has 0 aliphatic rings. The fraction of sp³-hybridized carbons (Fsp3) is 0.300. The number of hydrogen-bond acceptors (Lipinski definition) is 3. The van der Waals surface area contributed by atoms with Gasteiger partial charge in [-0.25, -0.2) is 4.79 Å². The average Bonchev–Trinajstić information content (AvgIpc) is 2.16. The lowest BCUT2D eigenvalue weighted by Crippen LogP contribution is -2.49. The molecule has 16 heavy (non-hydrogen) atoms. The minimum Gasteiger partial charge on any atom is -0.480 e. The van der Waals surface area contributed by atoms with Gasteiger partial charge in [0.05, 0.1) is 5.56 Å². The van der Waals surface area contributed by atoms with Gasteiger partial charge < -0.3 is 10.4 Å². The molecule has 0 saturated heterocycles. The molecule has 0 aliphatic heterocycles. The van der Waals surface area contributed by atoms with Gasteiger partial charge in [-0.05, 0) is 35.8 Å². The molecule has 0 saturated carbocycles. The Hall–Kier alpha value is -1.43. The van der Waals surface area contributed by atoms with E-state index < -0.39 is 17.4 Å². The molecule has 1 amide bonds. The van der Waals surface area contributed by atoms with E-state index in [0.29, 0.717) is 10.0 Å². The number of aliphatic carboxylic acids is 1. The Balaban J connectivity index is 2.85. The van der Waals surface area contributed by atoms with Crippen molar-refractivity contribution in [2.45, 2.75) is 19.4 Å². The number of carboxylic acids is 1. The first-order valence-corrected chi connectivity index (χ1v) is 5.28. The van der Waals surface area contributed by atoms with Crippen LogP contribution in [-0.4, -0.2) is 27.5 Å². The fourth-order valence-electron chi connectivity index (χ4n) is 0.945. The van der Waals surface area contributed by atoms with Crippen molar-refractivity contribution in [3.8, 4) is 0 Å². The van der Waals surface area contributed by atoms with E-state index in [0.717, 1.165) is 0 Å². The summed E-state index contributed by atoms with van der Waals surface area (Å²) < 4.78 is 0.660. The first-order chi connectivity index (χ1) is 7.33. The van der Waals surface area contributed by atoms with Crippen molar-refractivity contribution in [2.24, 2.45) is 0 Å². The highest BCUT2D eigenvalue weighted by Gasteiger charge is 2.29. The number of hydrogen-bond donors (Lipinski definition) is 2. The van der Waals surface area contributed by atoms with Crippen LogP contribution in [0.1, 0.15) is 24.2 Å². The molecule has 0 aromatic carbocycles. The van der Waals surface area contributed by atoms with Crippen LogP contribution in [0.5, 0.6) is 0 Å². The van der Waals surface area contributed by atoms with E-state index in [9.17, 15) is 9.59 Å². The maximum absolute atomic E-state index is 11.7. The zero-order valence-corrected chi connectivity index (χ0v) is 10.4. The summed E-state index contributed by atoms with van der Waals surface area (Å²) in [5, 5.41) is 11.3. The van der Waals surface area contributed by atoms with Crippen LogP contribution in [0.25, 0.3) is 0 Å². The van der Waals surface area contributed by atoms with Crippen molar-refractivity contribution in [3.05, 3.63) is 28.5 Å². The first-order valence-electron chi connectivity index (χ1n) is 4.49. The van der Waals surface area contributed by atoms with Gasteiger partial charge in [-0.2, -0.15) is 0 Å². The number of nitrogens with one attached hydrogen (secondary N) is 1. The topological polar surface area (TPSA) is 79.3 Å². The highest BCUT2D eigenvalue weighted by atomic mass is 79.9. The van der Waals surface area contributed by atoms with Gasteiger partial charge in [-0.3, -0.25) is 9.78 Å². The fourth-order valence-corrected chi connectivity index (χ4v) is 1.31. The van der Waals surface area contributed by atoms with Gasteiger partial charge in [0.25, 0.3) is 5.91 Å². The van der Waals surface area contributed by atoms with Crippen LogP contribution in [0.4, 0.5) is 0 Å². The third kappa shape index (κ3) is 3.03. The van der Waals surface area contributed by atoms with Crippen molar-refractivity contribution in [1.82, 2.24) is 10.3 Å². The van der Waals surface area contributed by atoms with Gasteiger partial charge in [-0.15, -0.1) is 0 Å². The number of carbonyl (C=O) groups excluding carboxylic acids is 1. The van der Waals surface area contributed by atoms with Crippen LogP contribution in [0.3, 0.4) is 0 Å². The molecule has 0 fully saturated rings. The second-order valence-corrected chi connectivity index (χ2v) is 4.69. The Morgan fingerprint density at radius 1 is 1.44 bits per heavy atom. The predicted octanol–water partition coefficient (Wildman–Crippen LogP) is 1.44.